The van der Waals surface area contributed by atoms with Gasteiger partial charge in [0, 0.05) is 24.5 Å². The Morgan fingerprint density at radius 1 is 1.15 bits per heavy atom. The zero-order chi connectivity index (χ0) is 37.5. The third-order valence-corrected chi connectivity index (χ3v) is 12.2. The number of rotatable bonds is 8. The molecule has 2 aliphatic carbocycles. The van der Waals surface area contributed by atoms with Gasteiger partial charge < -0.3 is 35.2 Å². The van der Waals surface area contributed by atoms with E-state index < -0.39 is 86.3 Å². The van der Waals surface area contributed by atoms with Gasteiger partial charge in [0.15, 0.2) is 11.6 Å². The molecule has 18 heteroatoms. The van der Waals surface area contributed by atoms with E-state index >= 15 is 0 Å². The summed E-state index contributed by atoms with van der Waals surface area (Å²) in [6.07, 6.45) is 4.36. The van der Waals surface area contributed by atoms with Crippen molar-refractivity contribution in [1.29, 1.82) is 0 Å². The van der Waals surface area contributed by atoms with Crippen molar-refractivity contribution in [3.8, 4) is 17.5 Å². The number of sulfonamides is 1. The van der Waals surface area contributed by atoms with E-state index in [9.17, 15) is 42.2 Å². The smallest absolute Gasteiger partial charge is 0.405 e. The summed E-state index contributed by atoms with van der Waals surface area (Å²) < 4.78 is 53.0. The number of carboxylic acid groups (broad SMARTS) is 1. The first-order valence-corrected chi connectivity index (χ1v) is 19.0. The molecule has 0 unspecified atom stereocenters. The number of aromatic nitrogens is 2. The second-order valence-electron chi connectivity index (χ2n) is 14.2. The molecule has 7 atom stereocenters. The lowest BCUT2D eigenvalue weighted by Gasteiger charge is -2.33. The SMILES string of the molecule is CC[C@@H]1C[C@H](C)CC/C=C\[C@@H]2C[C@@]2(C(=O)NS(=O)(=O)C2CC2)NC(=O)[C@@H]2C[C@@H](Oc3nc4cc(OC)c(F)cc4nc3O)CN2C(=O)[C@H]1NC(=O)O. The molecule has 2 aromatic rings. The third kappa shape index (κ3) is 7.56. The monoisotopic (exact) mass is 746 g/mol. The summed E-state index contributed by atoms with van der Waals surface area (Å²) in [5.74, 6) is -5.08. The van der Waals surface area contributed by atoms with E-state index in [0.29, 0.717) is 38.5 Å². The van der Waals surface area contributed by atoms with E-state index in [1.807, 2.05) is 19.9 Å². The van der Waals surface area contributed by atoms with Crippen molar-refractivity contribution in [2.24, 2.45) is 17.8 Å². The number of ether oxygens (including phenoxy) is 2. The summed E-state index contributed by atoms with van der Waals surface area (Å²) in [4.78, 5) is 63.7. The van der Waals surface area contributed by atoms with E-state index in [-0.39, 0.29) is 48.0 Å². The molecule has 0 radical (unpaired) electrons. The minimum absolute atomic E-state index is 0.0134. The molecule has 0 spiro atoms. The number of aromatic hydroxyl groups is 1. The fraction of sp³-hybridized carbons (Fsp3) is 0.588. The highest BCUT2D eigenvalue weighted by molar-refractivity contribution is 7.91. The van der Waals surface area contributed by atoms with Crippen LogP contribution in [0.4, 0.5) is 9.18 Å². The quantitative estimate of drug-likeness (QED) is 0.246. The average molecular weight is 747 g/mol. The fourth-order valence-electron chi connectivity index (χ4n) is 7.28. The molecule has 3 heterocycles. The number of fused-ring (bicyclic) bond motifs is 3. The van der Waals surface area contributed by atoms with Crippen molar-refractivity contribution in [2.75, 3.05) is 13.7 Å². The predicted molar refractivity (Wildman–Crippen MR) is 182 cm³/mol. The average Bonchev–Trinajstić information content (AvgIpc) is 4.01. The van der Waals surface area contributed by atoms with Gasteiger partial charge in [0.1, 0.15) is 23.7 Å². The molecule has 5 N–H and O–H groups in total. The van der Waals surface area contributed by atoms with E-state index in [0.717, 1.165) is 6.07 Å². The van der Waals surface area contributed by atoms with Crippen LogP contribution in [0.1, 0.15) is 65.2 Å². The van der Waals surface area contributed by atoms with Gasteiger partial charge >= 0.3 is 6.09 Å². The van der Waals surface area contributed by atoms with Gasteiger partial charge in [-0.05, 0) is 50.4 Å². The van der Waals surface area contributed by atoms with Crippen LogP contribution in [0.25, 0.3) is 11.0 Å². The van der Waals surface area contributed by atoms with Gasteiger partial charge in [-0.25, -0.2) is 27.6 Å². The number of halogens is 1. The van der Waals surface area contributed by atoms with E-state index in [4.69, 9.17) is 9.47 Å². The number of amides is 4. The number of hydrogen-bond acceptors (Lipinski definition) is 11. The molecule has 2 saturated carbocycles. The molecule has 6 rings (SSSR count). The fourth-order valence-corrected chi connectivity index (χ4v) is 8.64. The topological polar surface area (TPSA) is 226 Å². The summed E-state index contributed by atoms with van der Waals surface area (Å²) in [6, 6.07) is -0.230. The highest BCUT2D eigenvalue weighted by atomic mass is 32.2. The molecule has 16 nitrogen and oxygen atoms in total. The van der Waals surface area contributed by atoms with Gasteiger partial charge in [0.2, 0.25) is 21.8 Å². The number of allylic oxidation sites excluding steroid dienone is 1. The molecule has 1 aromatic heterocycles. The number of carbonyl (C=O) groups is 4. The standard InChI is InChI=1S/C34H43FN6O10S/c1-4-18-11-17(2)7-5-6-8-19-15-34(19,32(45)40-52(48,49)21-9-10-21)39-28(42)25-12-20(16-41(25)31(44)27(18)38-33(46)47)51-30-29(43)36-23-13-22(35)26(50-3)14-24(23)37-30/h6,8,13-14,17-21,25,27,38H,4-5,7,9-12,15-16H2,1-3H3,(H,36,43)(H,39,42)(H,40,45)(H,46,47)/b8-6-/t17-,18-,19-,20-,25+,27+,34-/m1/s1. The van der Waals surface area contributed by atoms with Crippen LogP contribution in [0.15, 0.2) is 24.3 Å². The minimum Gasteiger partial charge on any atom is -0.494 e. The van der Waals surface area contributed by atoms with Crippen LogP contribution >= 0.6 is 0 Å². The van der Waals surface area contributed by atoms with Gasteiger partial charge in [-0.15, -0.1) is 0 Å². The third-order valence-electron chi connectivity index (χ3n) is 10.4. The van der Waals surface area contributed by atoms with Crippen molar-refractivity contribution < 1.29 is 51.7 Å². The zero-order valence-corrected chi connectivity index (χ0v) is 29.8. The Hall–Kier alpha value is -4.74. The molecule has 282 valence electrons. The highest BCUT2D eigenvalue weighted by Crippen LogP contribution is 2.46. The predicted octanol–water partition coefficient (Wildman–Crippen LogP) is 2.35. The van der Waals surface area contributed by atoms with Gasteiger partial charge in [-0.2, -0.15) is 0 Å². The number of nitrogens with zero attached hydrogens (tertiary/aromatic N) is 3. The Bertz CT molecular complexity index is 1910. The van der Waals surface area contributed by atoms with Crippen molar-refractivity contribution in [1.82, 2.24) is 30.2 Å². The van der Waals surface area contributed by atoms with Crippen LogP contribution in [-0.2, 0) is 24.4 Å². The molecule has 1 saturated heterocycles. The van der Waals surface area contributed by atoms with Crippen molar-refractivity contribution in [3.63, 3.8) is 0 Å². The first-order valence-electron chi connectivity index (χ1n) is 17.4. The number of nitrogens with one attached hydrogen (secondary N) is 3. The second-order valence-corrected chi connectivity index (χ2v) is 16.2. The lowest BCUT2D eigenvalue weighted by molar-refractivity contribution is -0.142. The Morgan fingerprint density at radius 3 is 2.56 bits per heavy atom. The van der Waals surface area contributed by atoms with E-state index in [1.165, 1.54) is 18.1 Å². The zero-order valence-electron chi connectivity index (χ0n) is 29.0. The Balaban J connectivity index is 1.35. The van der Waals surface area contributed by atoms with Crippen LogP contribution in [-0.4, -0.2) is 99.9 Å². The van der Waals surface area contributed by atoms with Crippen molar-refractivity contribution in [2.45, 2.75) is 94.2 Å². The lowest BCUT2D eigenvalue weighted by Crippen LogP contribution is -2.59. The second kappa shape index (κ2) is 14.4. The van der Waals surface area contributed by atoms with Gasteiger partial charge in [0.05, 0.1) is 29.9 Å². The van der Waals surface area contributed by atoms with Crippen molar-refractivity contribution in [3.05, 3.63) is 30.1 Å². The maximum absolute atomic E-state index is 14.4. The Kier molecular flexibility index (Phi) is 10.2. The Morgan fingerprint density at radius 2 is 1.88 bits per heavy atom. The van der Waals surface area contributed by atoms with E-state index in [1.54, 1.807) is 6.08 Å². The van der Waals surface area contributed by atoms with Gasteiger partial charge in [-0.3, -0.25) is 19.1 Å². The van der Waals surface area contributed by atoms with Crippen LogP contribution in [0.2, 0.25) is 0 Å². The Labute approximate surface area is 299 Å². The highest BCUT2D eigenvalue weighted by Gasteiger charge is 2.62. The molecule has 4 aliphatic rings. The molecular weight excluding hydrogens is 703 g/mol. The number of methoxy groups -OCH3 is 1. The van der Waals surface area contributed by atoms with Crippen LogP contribution in [0, 0.1) is 23.6 Å². The molecule has 3 fully saturated rings. The minimum atomic E-state index is -3.95. The normalized spacial score (nSPS) is 30.2. The van der Waals surface area contributed by atoms with Gasteiger partial charge in [0.25, 0.3) is 17.7 Å². The molecule has 2 aliphatic heterocycles. The van der Waals surface area contributed by atoms with Crippen LogP contribution in [0.5, 0.6) is 17.5 Å². The summed E-state index contributed by atoms with van der Waals surface area (Å²) in [7, 11) is -2.68. The lowest BCUT2D eigenvalue weighted by atomic mass is 9.85. The summed E-state index contributed by atoms with van der Waals surface area (Å²) in [5, 5.41) is 24.9. The maximum atomic E-state index is 14.4. The van der Waals surface area contributed by atoms with Crippen LogP contribution < -0.4 is 24.8 Å². The maximum Gasteiger partial charge on any atom is 0.405 e. The van der Waals surface area contributed by atoms with Gasteiger partial charge in [-0.1, -0.05) is 32.4 Å². The van der Waals surface area contributed by atoms with Crippen molar-refractivity contribution >= 4 is 44.9 Å². The summed E-state index contributed by atoms with van der Waals surface area (Å²) in [5.41, 5.74) is -1.46. The molecule has 0 bridgehead atoms. The van der Waals surface area contributed by atoms with Crippen LogP contribution in [0.3, 0.4) is 0 Å². The number of benzene rings is 1. The number of carbonyl (C=O) groups excluding carboxylic acids is 3. The molecular formula is C34H43FN6O10S. The molecule has 1 aromatic carbocycles. The summed E-state index contributed by atoms with van der Waals surface area (Å²) in [6.45, 7) is 3.61. The first kappa shape index (κ1) is 37.0. The number of hydrogen-bond donors (Lipinski definition) is 5. The summed E-state index contributed by atoms with van der Waals surface area (Å²) >= 11 is 0. The van der Waals surface area contributed by atoms with E-state index in [2.05, 4.69) is 25.3 Å². The first-order chi connectivity index (χ1) is 24.6. The molecule has 52 heavy (non-hydrogen) atoms. The largest absolute Gasteiger partial charge is 0.494 e. The molecule has 4 amide bonds.